The van der Waals surface area contributed by atoms with E-state index in [1.807, 2.05) is 13.8 Å². The molecular weight excluding hydrogens is 142 g/mol. The predicted molar refractivity (Wildman–Crippen MR) is 42.4 cm³/mol. The average Bonchev–Trinajstić information content (AvgIpc) is 2.30. The van der Waals surface area contributed by atoms with Gasteiger partial charge >= 0.3 is 5.97 Å². The van der Waals surface area contributed by atoms with Gasteiger partial charge in [0.25, 0.3) is 0 Å². The van der Waals surface area contributed by atoms with E-state index in [1.165, 1.54) is 6.08 Å². The predicted octanol–water partition coefficient (Wildman–Crippen LogP) is 1.15. The zero-order chi connectivity index (χ0) is 8.43. The fraction of sp³-hybridized carbons (Fsp3) is 0.500. The highest BCUT2D eigenvalue weighted by Crippen LogP contribution is 2.14. The van der Waals surface area contributed by atoms with E-state index in [0.29, 0.717) is 5.90 Å². The van der Waals surface area contributed by atoms with Crippen molar-refractivity contribution in [2.24, 2.45) is 10.9 Å². The van der Waals surface area contributed by atoms with E-state index >= 15 is 0 Å². The molecule has 0 aromatic rings. The lowest BCUT2D eigenvalue weighted by Gasteiger charge is -2.04. The van der Waals surface area contributed by atoms with Crippen LogP contribution in [-0.4, -0.2) is 17.9 Å². The van der Waals surface area contributed by atoms with Gasteiger partial charge in [-0.05, 0) is 12.0 Å². The van der Waals surface area contributed by atoms with E-state index in [9.17, 15) is 4.79 Å². The topological polar surface area (TPSA) is 38.7 Å². The van der Waals surface area contributed by atoms with Gasteiger partial charge in [0.05, 0.1) is 0 Å². The minimum absolute atomic E-state index is 0.194. The third-order valence-electron chi connectivity index (χ3n) is 1.52. The van der Waals surface area contributed by atoms with E-state index in [2.05, 4.69) is 11.6 Å². The van der Waals surface area contributed by atoms with Crippen LogP contribution < -0.4 is 0 Å². The number of rotatable bonds is 2. The first-order valence-corrected chi connectivity index (χ1v) is 3.57. The molecule has 0 saturated carbocycles. The van der Waals surface area contributed by atoms with Gasteiger partial charge in [-0.15, -0.1) is 0 Å². The Balaban J connectivity index is 2.75. The van der Waals surface area contributed by atoms with Gasteiger partial charge < -0.3 is 4.74 Å². The lowest BCUT2D eigenvalue weighted by atomic mass is 10.1. The van der Waals surface area contributed by atoms with Gasteiger partial charge in [-0.25, -0.2) is 9.79 Å². The summed E-state index contributed by atoms with van der Waals surface area (Å²) in [4.78, 5) is 15.0. The summed E-state index contributed by atoms with van der Waals surface area (Å²) >= 11 is 0. The third-order valence-corrected chi connectivity index (χ3v) is 1.52. The number of esters is 1. The van der Waals surface area contributed by atoms with Gasteiger partial charge in [0.1, 0.15) is 0 Å². The lowest BCUT2D eigenvalue weighted by Crippen LogP contribution is -2.20. The zero-order valence-electron chi connectivity index (χ0n) is 6.70. The monoisotopic (exact) mass is 153 g/mol. The molecule has 0 aliphatic carbocycles. The summed E-state index contributed by atoms with van der Waals surface area (Å²) < 4.78 is 4.78. The van der Waals surface area contributed by atoms with Crippen molar-refractivity contribution in [2.75, 3.05) is 0 Å². The molecule has 0 bridgehead atoms. The maximum absolute atomic E-state index is 11.0. The molecule has 0 saturated heterocycles. The molecule has 60 valence electrons. The first-order valence-electron chi connectivity index (χ1n) is 3.57. The highest BCUT2D eigenvalue weighted by atomic mass is 16.6. The molecule has 0 spiro atoms. The second kappa shape index (κ2) is 2.86. The number of hydrogen-bond donors (Lipinski definition) is 0. The largest absolute Gasteiger partial charge is 0.406 e. The summed E-state index contributed by atoms with van der Waals surface area (Å²) in [5.74, 6) is 0.267. The third kappa shape index (κ3) is 1.48. The summed E-state index contributed by atoms with van der Waals surface area (Å²) in [6, 6.07) is -0.331. The molecule has 0 amide bonds. The summed E-state index contributed by atoms with van der Waals surface area (Å²) in [5.41, 5.74) is 0. The van der Waals surface area contributed by atoms with Gasteiger partial charge in [-0.2, -0.15) is 0 Å². The number of cyclic esters (lactones) is 1. The Morgan fingerprint density at radius 2 is 2.36 bits per heavy atom. The fourth-order valence-electron chi connectivity index (χ4n) is 0.895. The van der Waals surface area contributed by atoms with Crippen molar-refractivity contribution >= 4 is 11.9 Å². The van der Waals surface area contributed by atoms with E-state index in [4.69, 9.17) is 4.74 Å². The van der Waals surface area contributed by atoms with Crippen molar-refractivity contribution in [2.45, 2.75) is 19.9 Å². The number of ether oxygens (including phenoxy) is 1. The molecule has 0 aromatic carbocycles. The van der Waals surface area contributed by atoms with Crippen LogP contribution in [0, 0.1) is 5.92 Å². The summed E-state index contributed by atoms with van der Waals surface area (Å²) in [7, 11) is 0. The van der Waals surface area contributed by atoms with Crippen LogP contribution in [0.5, 0.6) is 0 Å². The van der Waals surface area contributed by atoms with Crippen molar-refractivity contribution in [3.05, 3.63) is 12.7 Å². The van der Waals surface area contributed by atoms with E-state index in [1.54, 1.807) is 0 Å². The molecule has 3 heteroatoms. The maximum atomic E-state index is 11.0. The molecule has 1 rings (SSSR count). The Hall–Kier alpha value is -1.12. The Kier molecular flexibility index (Phi) is 2.08. The van der Waals surface area contributed by atoms with Crippen LogP contribution in [0.3, 0.4) is 0 Å². The molecular formula is C8H11NO2. The molecule has 1 unspecified atom stereocenters. The van der Waals surface area contributed by atoms with Crippen molar-refractivity contribution in [1.82, 2.24) is 0 Å². The van der Waals surface area contributed by atoms with Crippen LogP contribution in [0.2, 0.25) is 0 Å². The maximum Gasteiger partial charge on any atom is 0.337 e. The molecule has 1 aliphatic heterocycles. The quantitative estimate of drug-likeness (QED) is 0.558. The molecule has 3 nitrogen and oxygen atoms in total. The second-order valence-electron chi connectivity index (χ2n) is 2.78. The van der Waals surface area contributed by atoms with Crippen LogP contribution in [0.15, 0.2) is 17.6 Å². The molecule has 1 atom stereocenters. The smallest absolute Gasteiger partial charge is 0.337 e. The minimum atomic E-state index is -0.331. The second-order valence-corrected chi connectivity index (χ2v) is 2.78. The molecule has 0 N–H and O–H groups in total. The van der Waals surface area contributed by atoms with E-state index < -0.39 is 0 Å². The summed E-state index contributed by atoms with van der Waals surface area (Å²) in [6.45, 7) is 7.33. The Labute approximate surface area is 65.8 Å². The zero-order valence-corrected chi connectivity index (χ0v) is 6.70. The number of carbonyl (C=O) groups is 1. The van der Waals surface area contributed by atoms with Gasteiger partial charge in [-0.1, -0.05) is 20.4 Å². The van der Waals surface area contributed by atoms with Crippen LogP contribution in [-0.2, 0) is 9.53 Å². The minimum Gasteiger partial charge on any atom is -0.406 e. The normalized spacial score (nSPS) is 23.4. The Morgan fingerprint density at radius 1 is 1.73 bits per heavy atom. The molecule has 1 heterocycles. The van der Waals surface area contributed by atoms with Gasteiger partial charge in [-0.3, -0.25) is 0 Å². The number of hydrogen-bond acceptors (Lipinski definition) is 3. The van der Waals surface area contributed by atoms with Gasteiger partial charge in [0.2, 0.25) is 5.90 Å². The molecule has 0 radical (unpaired) electrons. The molecule has 11 heavy (non-hydrogen) atoms. The van der Waals surface area contributed by atoms with Crippen LogP contribution in [0.4, 0.5) is 0 Å². The number of nitrogens with zero attached hydrogens (tertiary/aromatic N) is 1. The highest BCUT2D eigenvalue weighted by Gasteiger charge is 2.29. The molecule has 0 aromatic heterocycles. The summed E-state index contributed by atoms with van der Waals surface area (Å²) in [6.07, 6.45) is 1.44. The standard InChI is InChI=1S/C8H11NO2/c1-4-6-9-7(5(2)3)8(10)11-6/h4-5,7H,1H2,2-3H3. The number of carbonyl (C=O) groups excluding carboxylic acids is 1. The van der Waals surface area contributed by atoms with Crippen molar-refractivity contribution in [3.8, 4) is 0 Å². The molecule has 1 aliphatic rings. The molecule has 0 fully saturated rings. The average molecular weight is 153 g/mol. The first kappa shape index (κ1) is 7.98. The van der Waals surface area contributed by atoms with E-state index in [0.717, 1.165) is 0 Å². The van der Waals surface area contributed by atoms with Crippen molar-refractivity contribution in [1.29, 1.82) is 0 Å². The van der Waals surface area contributed by atoms with Crippen LogP contribution >= 0.6 is 0 Å². The van der Waals surface area contributed by atoms with Crippen LogP contribution in [0.1, 0.15) is 13.8 Å². The summed E-state index contributed by atoms with van der Waals surface area (Å²) in [5, 5.41) is 0. The SMILES string of the molecule is C=CC1=NC(C(C)C)C(=O)O1. The fourth-order valence-corrected chi connectivity index (χ4v) is 0.895. The Bertz CT molecular complexity index is 218. The highest BCUT2D eigenvalue weighted by molar-refractivity contribution is 6.02. The lowest BCUT2D eigenvalue weighted by molar-refractivity contribution is -0.135. The first-order chi connectivity index (χ1) is 5.15. The van der Waals surface area contributed by atoms with Crippen molar-refractivity contribution in [3.63, 3.8) is 0 Å². The van der Waals surface area contributed by atoms with Gasteiger partial charge in [0.15, 0.2) is 6.04 Å². The number of aliphatic imine (C=N–C) groups is 1. The van der Waals surface area contributed by atoms with Gasteiger partial charge in [0, 0.05) is 0 Å². The van der Waals surface area contributed by atoms with E-state index in [-0.39, 0.29) is 17.9 Å². The van der Waals surface area contributed by atoms with Crippen LogP contribution in [0.25, 0.3) is 0 Å². The van der Waals surface area contributed by atoms with Crippen molar-refractivity contribution < 1.29 is 9.53 Å². The Morgan fingerprint density at radius 3 is 2.64 bits per heavy atom.